The molecule has 20 heavy (non-hydrogen) atoms. The Morgan fingerprint density at radius 3 is 2.60 bits per heavy atom. The Bertz CT molecular complexity index is 646. The first-order valence-electron chi connectivity index (χ1n) is 6.69. The van der Waals surface area contributed by atoms with E-state index in [1.807, 2.05) is 37.3 Å². The molecule has 1 N–H and O–H groups in total. The standard InChI is InChI=1S/C16H19NO3/c1-3-10-17-14(9-8-12(11-18)16(17)19)13-6-4-5-7-15(13)20-2/h4-9,18H,3,10-11H2,1-2H3. The predicted octanol–water partition coefficient (Wildman–Crippen LogP) is 2.43. The lowest BCUT2D eigenvalue weighted by atomic mass is 10.1. The molecule has 0 saturated carbocycles. The van der Waals surface area contributed by atoms with E-state index >= 15 is 0 Å². The first-order valence-corrected chi connectivity index (χ1v) is 6.69. The van der Waals surface area contributed by atoms with Gasteiger partial charge in [-0.05, 0) is 30.7 Å². The highest BCUT2D eigenvalue weighted by atomic mass is 16.5. The molecule has 0 spiro atoms. The fourth-order valence-electron chi connectivity index (χ4n) is 2.28. The van der Waals surface area contributed by atoms with Crippen molar-refractivity contribution in [1.82, 2.24) is 4.57 Å². The van der Waals surface area contributed by atoms with E-state index in [0.717, 1.165) is 23.4 Å². The van der Waals surface area contributed by atoms with Gasteiger partial charge in [-0.1, -0.05) is 19.1 Å². The van der Waals surface area contributed by atoms with Crippen LogP contribution in [0.5, 0.6) is 5.75 Å². The molecule has 1 heterocycles. The molecule has 4 nitrogen and oxygen atoms in total. The molecule has 4 heteroatoms. The molecule has 0 aliphatic rings. The van der Waals surface area contributed by atoms with Crippen molar-refractivity contribution < 1.29 is 9.84 Å². The molecule has 0 aliphatic carbocycles. The maximum Gasteiger partial charge on any atom is 0.256 e. The van der Waals surface area contributed by atoms with Crippen LogP contribution in [0.2, 0.25) is 0 Å². The summed E-state index contributed by atoms with van der Waals surface area (Å²) in [5, 5.41) is 9.24. The first kappa shape index (κ1) is 14.3. The number of hydrogen-bond donors (Lipinski definition) is 1. The third kappa shape index (κ3) is 2.60. The van der Waals surface area contributed by atoms with Gasteiger partial charge in [0.25, 0.3) is 5.56 Å². The number of aromatic nitrogens is 1. The Morgan fingerprint density at radius 2 is 1.95 bits per heavy atom. The number of aliphatic hydroxyl groups excluding tert-OH is 1. The quantitative estimate of drug-likeness (QED) is 0.910. The maximum absolute atomic E-state index is 12.3. The van der Waals surface area contributed by atoms with Crippen LogP contribution in [0.15, 0.2) is 41.2 Å². The first-order chi connectivity index (χ1) is 9.72. The molecule has 106 valence electrons. The minimum atomic E-state index is -0.241. The number of rotatable bonds is 5. The van der Waals surface area contributed by atoms with E-state index in [2.05, 4.69) is 0 Å². The van der Waals surface area contributed by atoms with E-state index in [4.69, 9.17) is 4.74 Å². The molecule has 0 bridgehead atoms. The van der Waals surface area contributed by atoms with Gasteiger partial charge in [-0.3, -0.25) is 4.79 Å². The number of nitrogens with zero attached hydrogens (tertiary/aromatic N) is 1. The van der Waals surface area contributed by atoms with Crippen LogP contribution in [-0.4, -0.2) is 16.8 Å². The number of pyridine rings is 1. The molecule has 0 aliphatic heterocycles. The van der Waals surface area contributed by atoms with Gasteiger partial charge in [-0.2, -0.15) is 0 Å². The van der Waals surface area contributed by atoms with Crippen LogP contribution in [-0.2, 0) is 13.2 Å². The fourth-order valence-corrected chi connectivity index (χ4v) is 2.28. The lowest BCUT2D eigenvalue weighted by molar-refractivity contribution is 0.279. The summed E-state index contributed by atoms with van der Waals surface area (Å²) in [5.74, 6) is 0.730. The average molecular weight is 273 g/mol. The molecule has 0 amide bonds. The van der Waals surface area contributed by atoms with Gasteiger partial charge in [0.2, 0.25) is 0 Å². The second-order valence-electron chi connectivity index (χ2n) is 4.56. The van der Waals surface area contributed by atoms with E-state index in [1.165, 1.54) is 0 Å². The molecule has 1 aromatic carbocycles. The second-order valence-corrected chi connectivity index (χ2v) is 4.56. The lowest BCUT2D eigenvalue weighted by Crippen LogP contribution is -2.25. The van der Waals surface area contributed by atoms with Crippen LogP contribution in [0.4, 0.5) is 0 Å². The van der Waals surface area contributed by atoms with E-state index in [-0.39, 0.29) is 12.2 Å². The molecule has 2 rings (SSSR count). The zero-order valence-electron chi connectivity index (χ0n) is 11.8. The number of aliphatic hydroxyl groups is 1. The highest BCUT2D eigenvalue weighted by molar-refractivity contribution is 5.67. The minimum absolute atomic E-state index is 0.141. The summed E-state index contributed by atoms with van der Waals surface area (Å²) in [6, 6.07) is 11.1. The van der Waals surface area contributed by atoms with E-state index in [0.29, 0.717) is 12.1 Å². The lowest BCUT2D eigenvalue weighted by Gasteiger charge is -2.15. The monoisotopic (exact) mass is 273 g/mol. The van der Waals surface area contributed by atoms with Crippen molar-refractivity contribution in [2.45, 2.75) is 26.5 Å². The van der Waals surface area contributed by atoms with Crippen molar-refractivity contribution in [3.63, 3.8) is 0 Å². The Labute approximate surface area is 118 Å². The van der Waals surface area contributed by atoms with Gasteiger partial charge in [0, 0.05) is 17.7 Å². The average Bonchev–Trinajstić information content (AvgIpc) is 2.49. The number of methoxy groups -OCH3 is 1. The van der Waals surface area contributed by atoms with Gasteiger partial charge >= 0.3 is 0 Å². The largest absolute Gasteiger partial charge is 0.496 e. The molecule has 0 atom stereocenters. The Kier molecular flexibility index (Phi) is 4.58. The summed E-state index contributed by atoms with van der Waals surface area (Å²) < 4.78 is 7.06. The van der Waals surface area contributed by atoms with Crippen molar-refractivity contribution in [2.24, 2.45) is 0 Å². The van der Waals surface area contributed by atoms with Gasteiger partial charge in [-0.15, -0.1) is 0 Å². The van der Waals surface area contributed by atoms with Gasteiger partial charge in [0.05, 0.1) is 19.4 Å². The Balaban J connectivity index is 2.67. The molecule has 2 aromatic rings. The number of benzene rings is 1. The van der Waals surface area contributed by atoms with Crippen molar-refractivity contribution in [2.75, 3.05) is 7.11 Å². The predicted molar refractivity (Wildman–Crippen MR) is 78.9 cm³/mol. The molecule has 0 fully saturated rings. The molecule has 1 aromatic heterocycles. The summed E-state index contributed by atoms with van der Waals surface area (Å²) in [4.78, 5) is 12.3. The molecular weight excluding hydrogens is 254 g/mol. The van der Waals surface area contributed by atoms with Gasteiger partial charge in [0.1, 0.15) is 5.75 Å². The normalized spacial score (nSPS) is 10.6. The summed E-state index contributed by atoms with van der Waals surface area (Å²) in [6.45, 7) is 2.39. The van der Waals surface area contributed by atoms with Crippen LogP contribution in [0, 0.1) is 0 Å². The molecule has 0 unspecified atom stereocenters. The third-order valence-electron chi connectivity index (χ3n) is 3.25. The SMILES string of the molecule is CCCn1c(-c2ccccc2OC)ccc(CO)c1=O. The van der Waals surface area contributed by atoms with Gasteiger partial charge in [0.15, 0.2) is 0 Å². The van der Waals surface area contributed by atoms with E-state index in [9.17, 15) is 9.90 Å². The smallest absolute Gasteiger partial charge is 0.256 e. The third-order valence-corrected chi connectivity index (χ3v) is 3.25. The van der Waals surface area contributed by atoms with Crippen molar-refractivity contribution in [3.05, 3.63) is 52.3 Å². The second kappa shape index (κ2) is 6.39. The minimum Gasteiger partial charge on any atom is -0.496 e. The van der Waals surface area contributed by atoms with Gasteiger partial charge in [-0.25, -0.2) is 0 Å². The number of ether oxygens (including phenoxy) is 1. The number of hydrogen-bond acceptors (Lipinski definition) is 3. The Morgan fingerprint density at radius 1 is 1.20 bits per heavy atom. The zero-order valence-corrected chi connectivity index (χ0v) is 11.8. The van der Waals surface area contributed by atoms with Crippen LogP contribution in [0.3, 0.4) is 0 Å². The summed E-state index contributed by atoms with van der Waals surface area (Å²) in [6.07, 6.45) is 0.844. The maximum atomic E-state index is 12.3. The Hall–Kier alpha value is -2.07. The molecule has 0 saturated heterocycles. The van der Waals surface area contributed by atoms with E-state index < -0.39 is 0 Å². The summed E-state index contributed by atoms with van der Waals surface area (Å²) in [5.41, 5.74) is 1.96. The highest BCUT2D eigenvalue weighted by Crippen LogP contribution is 2.29. The van der Waals surface area contributed by atoms with Crippen molar-refractivity contribution in [1.29, 1.82) is 0 Å². The van der Waals surface area contributed by atoms with Crippen LogP contribution in [0.1, 0.15) is 18.9 Å². The fraction of sp³-hybridized carbons (Fsp3) is 0.312. The zero-order chi connectivity index (χ0) is 14.5. The molecule has 0 radical (unpaired) electrons. The summed E-state index contributed by atoms with van der Waals surface area (Å²) >= 11 is 0. The van der Waals surface area contributed by atoms with E-state index in [1.54, 1.807) is 17.7 Å². The van der Waals surface area contributed by atoms with Crippen LogP contribution < -0.4 is 10.3 Å². The van der Waals surface area contributed by atoms with Crippen molar-refractivity contribution in [3.8, 4) is 17.0 Å². The van der Waals surface area contributed by atoms with Crippen LogP contribution >= 0.6 is 0 Å². The number of para-hydroxylation sites is 1. The summed E-state index contributed by atoms with van der Waals surface area (Å²) in [7, 11) is 1.61. The molecular formula is C16H19NO3. The van der Waals surface area contributed by atoms with Gasteiger partial charge < -0.3 is 14.4 Å². The topological polar surface area (TPSA) is 51.5 Å². The highest BCUT2D eigenvalue weighted by Gasteiger charge is 2.12. The van der Waals surface area contributed by atoms with Crippen molar-refractivity contribution >= 4 is 0 Å². The van der Waals surface area contributed by atoms with Crippen LogP contribution in [0.25, 0.3) is 11.3 Å².